The van der Waals surface area contributed by atoms with Crippen LogP contribution in [0.3, 0.4) is 0 Å². The zero-order valence-electron chi connectivity index (χ0n) is 11.0. The van der Waals surface area contributed by atoms with E-state index in [1.165, 1.54) is 0 Å². The van der Waals surface area contributed by atoms with Crippen molar-refractivity contribution in [2.75, 3.05) is 13.2 Å². The molecule has 0 aliphatic carbocycles. The molecule has 0 atom stereocenters. The molecule has 2 N–H and O–H groups in total. The zero-order valence-corrected chi connectivity index (χ0v) is 11.9. The van der Waals surface area contributed by atoms with Gasteiger partial charge in [0.1, 0.15) is 0 Å². The van der Waals surface area contributed by atoms with Crippen molar-refractivity contribution in [3.05, 3.63) is 18.7 Å². The number of aromatic amines is 1. The minimum Gasteiger partial charge on any atom is -0.351 e. The first-order chi connectivity index (χ1) is 8.62. The third kappa shape index (κ3) is 11.8. The summed E-state index contributed by atoms with van der Waals surface area (Å²) in [5.74, 6) is 0. The van der Waals surface area contributed by atoms with Crippen molar-refractivity contribution in [2.45, 2.75) is 39.5 Å². The van der Waals surface area contributed by atoms with Gasteiger partial charge in [0.05, 0.1) is 19.5 Å². The lowest BCUT2D eigenvalue weighted by Crippen LogP contribution is -1.98. The molecule has 1 aromatic heterocycles. The van der Waals surface area contributed by atoms with E-state index < -0.39 is 7.82 Å². The van der Waals surface area contributed by atoms with Gasteiger partial charge in [-0.2, -0.15) is 0 Å². The summed E-state index contributed by atoms with van der Waals surface area (Å²) < 4.78 is 20.5. The number of phosphoric ester groups is 1. The first-order valence-electron chi connectivity index (χ1n) is 6.17. The smallest absolute Gasteiger partial charge is 0.351 e. The van der Waals surface area contributed by atoms with E-state index in [1.54, 1.807) is 18.7 Å². The molecule has 0 amide bonds. The monoisotopic (exact) mass is 278 g/mol. The van der Waals surface area contributed by atoms with Gasteiger partial charge in [-0.1, -0.05) is 26.7 Å². The van der Waals surface area contributed by atoms with Gasteiger partial charge in [-0.25, -0.2) is 9.55 Å². The molecule has 0 spiro atoms. The van der Waals surface area contributed by atoms with Crippen LogP contribution in [-0.2, 0) is 13.6 Å². The van der Waals surface area contributed by atoms with Gasteiger partial charge in [0.25, 0.3) is 0 Å². The van der Waals surface area contributed by atoms with Crippen molar-refractivity contribution in [3.8, 4) is 0 Å². The summed E-state index contributed by atoms with van der Waals surface area (Å²) in [4.78, 5) is 15.5. The molecule has 0 radical (unpaired) electrons. The number of nitrogens with zero attached hydrogens (tertiary/aromatic N) is 1. The number of H-pyrrole nitrogens is 1. The minimum absolute atomic E-state index is 0.288. The highest BCUT2D eigenvalue weighted by molar-refractivity contribution is 7.47. The van der Waals surface area contributed by atoms with Crippen molar-refractivity contribution < 1.29 is 18.5 Å². The van der Waals surface area contributed by atoms with Crippen LogP contribution in [0.25, 0.3) is 0 Å². The highest BCUT2D eigenvalue weighted by Crippen LogP contribution is 2.43. The zero-order chi connectivity index (χ0) is 13.7. The topological polar surface area (TPSA) is 84.4 Å². The fraction of sp³-hybridized carbons (Fsp3) is 0.727. The fourth-order valence-electron chi connectivity index (χ4n) is 0.901. The number of imidazole rings is 1. The minimum atomic E-state index is -3.75. The van der Waals surface area contributed by atoms with Gasteiger partial charge >= 0.3 is 7.82 Å². The number of unbranched alkanes of at least 4 members (excludes halogenated alkanes) is 2. The molecule has 1 aromatic rings. The quantitative estimate of drug-likeness (QED) is 0.563. The largest absolute Gasteiger partial charge is 0.472 e. The van der Waals surface area contributed by atoms with Crippen LogP contribution in [-0.4, -0.2) is 28.1 Å². The molecule has 0 aromatic carbocycles. The Balaban J connectivity index is 0.000000473. The Morgan fingerprint density at radius 1 is 1.22 bits per heavy atom. The molecule has 0 saturated heterocycles. The fourth-order valence-corrected chi connectivity index (χ4v) is 1.70. The maximum atomic E-state index is 11.1. The first kappa shape index (κ1) is 17.3. The van der Waals surface area contributed by atoms with Crippen molar-refractivity contribution in [1.82, 2.24) is 9.97 Å². The number of rotatable bonds is 8. The molecular weight excluding hydrogens is 255 g/mol. The van der Waals surface area contributed by atoms with E-state index >= 15 is 0 Å². The third-order valence-corrected chi connectivity index (χ3v) is 2.93. The van der Waals surface area contributed by atoms with Crippen LogP contribution in [0.2, 0.25) is 0 Å². The lowest BCUT2D eigenvalue weighted by molar-refractivity contribution is 0.146. The van der Waals surface area contributed by atoms with Crippen LogP contribution in [0.1, 0.15) is 39.5 Å². The number of nitrogens with one attached hydrogen (secondary N) is 1. The van der Waals surface area contributed by atoms with Gasteiger partial charge in [0.15, 0.2) is 0 Å². The molecule has 0 aliphatic rings. The Bertz CT molecular complexity index is 275. The SMILES string of the molecule is CCCCOP(=O)(O)OCCCC.c1c[nH]cn1. The lowest BCUT2D eigenvalue weighted by atomic mass is 10.4. The average Bonchev–Trinajstić information content (AvgIpc) is 2.88. The van der Waals surface area contributed by atoms with Crippen LogP contribution < -0.4 is 0 Å². The Hall–Kier alpha value is -0.680. The summed E-state index contributed by atoms with van der Waals surface area (Å²) in [6, 6.07) is 0. The van der Waals surface area contributed by atoms with Crippen molar-refractivity contribution in [1.29, 1.82) is 0 Å². The predicted octanol–water partition coefficient (Wildman–Crippen LogP) is 3.13. The molecule has 18 heavy (non-hydrogen) atoms. The van der Waals surface area contributed by atoms with Crippen LogP contribution in [0.5, 0.6) is 0 Å². The Morgan fingerprint density at radius 3 is 2.06 bits per heavy atom. The Labute approximate surface area is 108 Å². The molecule has 0 aliphatic heterocycles. The standard InChI is InChI=1S/C8H19O4P.C3H4N2/c1-3-5-7-11-13(9,10)12-8-6-4-2;1-2-5-3-4-1/h3-8H2,1-2H3,(H,9,10);1-3H,(H,4,5). The van der Waals surface area contributed by atoms with Crippen LogP contribution in [0.4, 0.5) is 0 Å². The second-order valence-corrected chi connectivity index (χ2v) is 5.06. The van der Waals surface area contributed by atoms with Gasteiger partial charge < -0.3 is 9.88 Å². The van der Waals surface area contributed by atoms with Crippen molar-refractivity contribution >= 4 is 7.82 Å². The van der Waals surface area contributed by atoms with Crippen LogP contribution in [0.15, 0.2) is 18.7 Å². The summed E-state index contributed by atoms with van der Waals surface area (Å²) in [7, 11) is -3.75. The molecule has 0 saturated carbocycles. The molecular formula is C11H23N2O4P. The predicted molar refractivity (Wildman–Crippen MR) is 70.1 cm³/mol. The van der Waals surface area contributed by atoms with E-state index in [-0.39, 0.29) is 13.2 Å². The Kier molecular flexibility index (Phi) is 11.0. The third-order valence-electron chi connectivity index (χ3n) is 1.91. The Morgan fingerprint density at radius 2 is 1.78 bits per heavy atom. The summed E-state index contributed by atoms with van der Waals surface area (Å²) in [6.07, 6.45) is 8.52. The normalized spacial score (nSPS) is 10.8. The molecule has 0 unspecified atom stereocenters. The van der Waals surface area contributed by atoms with Gasteiger partial charge in [0, 0.05) is 12.4 Å². The first-order valence-corrected chi connectivity index (χ1v) is 7.66. The van der Waals surface area contributed by atoms with E-state index in [2.05, 4.69) is 9.97 Å². The van der Waals surface area contributed by atoms with Gasteiger partial charge in [-0.05, 0) is 12.8 Å². The molecule has 1 rings (SSSR count). The molecule has 106 valence electrons. The summed E-state index contributed by atoms with van der Waals surface area (Å²) in [5, 5.41) is 0. The molecule has 1 heterocycles. The summed E-state index contributed by atoms with van der Waals surface area (Å²) in [6.45, 7) is 4.56. The van der Waals surface area contributed by atoms with Gasteiger partial charge in [0.2, 0.25) is 0 Å². The summed E-state index contributed by atoms with van der Waals surface area (Å²) in [5.41, 5.74) is 0. The highest BCUT2D eigenvalue weighted by Gasteiger charge is 2.19. The van der Waals surface area contributed by atoms with E-state index in [4.69, 9.17) is 13.9 Å². The van der Waals surface area contributed by atoms with E-state index in [0.29, 0.717) is 0 Å². The van der Waals surface area contributed by atoms with Gasteiger partial charge in [-0.15, -0.1) is 0 Å². The molecule has 0 fully saturated rings. The maximum Gasteiger partial charge on any atom is 0.472 e. The number of aromatic nitrogens is 2. The summed E-state index contributed by atoms with van der Waals surface area (Å²) >= 11 is 0. The number of hydrogen-bond acceptors (Lipinski definition) is 4. The van der Waals surface area contributed by atoms with Crippen LogP contribution in [0, 0.1) is 0 Å². The van der Waals surface area contributed by atoms with E-state index in [1.807, 2.05) is 13.8 Å². The van der Waals surface area contributed by atoms with Crippen molar-refractivity contribution in [3.63, 3.8) is 0 Å². The molecule has 6 nitrogen and oxygen atoms in total. The highest BCUT2D eigenvalue weighted by atomic mass is 31.2. The average molecular weight is 278 g/mol. The van der Waals surface area contributed by atoms with Crippen molar-refractivity contribution in [2.24, 2.45) is 0 Å². The van der Waals surface area contributed by atoms with E-state index in [0.717, 1.165) is 25.7 Å². The van der Waals surface area contributed by atoms with Gasteiger partial charge in [-0.3, -0.25) is 9.05 Å². The van der Waals surface area contributed by atoms with E-state index in [9.17, 15) is 4.57 Å². The second-order valence-electron chi connectivity index (χ2n) is 3.60. The van der Waals surface area contributed by atoms with Crippen LogP contribution >= 0.6 is 7.82 Å². The second kappa shape index (κ2) is 11.4. The molecule has 0 bridgehead atoms. The lowest BCUT2D eigenvalue weighted by Gasteiger charge is -2.10. The number of hydrogen-bond donors (Lipinski definition) is 2. The number of phosphoric acid groups is 1. The maximum absolute atomic E-state index is 11.1. The molecule has 7 heteroatoms.